The number of hydrogen-bond donors (Lipinski definition) is 2. The SMILES string of the molecule is C=C(C(=N)c1ccc(F)c(F)c1)c1ccc2ncc(C3=CCNC3)cc2n1. The highest BCUT2D eigenvalue weighted by atomic mass is 19.2. The summed E-state index contributed by atoms with van der Waals surface area (Å²) < 4.78 is 26.6. The van der Waals surface area contributed by atoms with Gasteiger partial charge >= 0.3 is 0 Å². The van der Waals surface area contributed by atoms with E-state index in [9.17, 15) is 8.78 Å². The first-order chi connectivity index (χ1) is 13.0. The van der Waals surface area contributed by atoms with Gasteiger partial charge in [0.25, 0.3) is 0 Å². The zero-order valence-electron chi connectivity index (χ0n) is 14.4. The van der Waals surface area contributed by atoms with E-state index in [0.29, 0.717) is 16.8 Å². The molecule has 6 heteroatoms. The lowest BCUT2D eigenvalue weighted by Gasteiger charge is -2.10. The molecule has 0 aliphatic carbocycles. The summed E-state index contributed by atoms with van der Waals surface area (Å²) in [4.78, 5) is 9.02. The van der Waals surface area contributed by atoms with Crippen molar-refractivity contribution in [2.45, 2.75) is 0 Å². The third kappa shape index (κ3) is 3.27. The minimum atomic E-state index is -0.996. The Bertz CT molecular complexity index is 1120. The molecule has 0 amide bonds. The van der Waals surface area contributed by atoms with Crippen molar-refractivity contribution in [2.75, 3.05) is 13.1 Å². The summed E-state index contributed by atoms with van der Waals surface area (Å²) in [5, 5.41) is 11.5. The van der Waals surface area contributed by atoms with Gasteiger partial charge in [0.1, 0.15) is 0 Å². The predicted molar refractivity (Wildman–Crippen MR) is 103 cm³/mol. The molecule has 4 nitrogen and oxygen atoms in total. The molecule has 0 fully saturated rings. The van der Waals surface area contributed by atoms with Gasteiger partial charge in [-0.2, -0.15) is 0 Å². The van der Waals surface area contributed by atoms with Gasteiger partial charge in [-0.05, 0) is 47.5 Å². The lowest BCUT2D eigenvalue weighted by atomic mass is 10.0. The van der Waals surface area contributed by atoms with Gasteiger partial charge in [0.15, 0.2) is 11.6 Å². The fraction of sp³-hybridized carbons (Fsp3) is 0.0952. The first-order valence-electron chi connectivity index (χ1n) is 8.43. The van der Waals surface area contributed by atoms with Crippen LogP contribution in [0.3, 0.4) is 0 Å². The summed E-state index contributed by atoms with van der Waals surface area (Å²) in [6.45, 7) is 5.54. The molecule has 134 valence electrons. The third-order valence-corrected chi connectivity index (χ3v) is 4.54. The van der Waals surface area contributed by atoms with Crippen molar-refractivity contribution in [1.29, 1.82) is 5.41 Å². The number of rotatable bonds is 4. The smallest absolute Gasteiger partial charge is 0.159 e. The second-order valence-electron chi connectivity index (χ2n) is 6.30. The summed E-state index contributed by atoms with van der Waals surface area (Å²) in [6.07, 6.45) is 3.94. The molecular weight excluding hydrogens is 346 g/mol. The van der Waals surface area contributed by atoms with Gasteiger partial charge in [0.05, 0.1) is 22.4 Å². The van der Waals surface area contributed by atoms with Crippen LogP contribution < -0.4 is 5.32 Å². The number of allylic oxidation sites excluding steroid dienone is 1. The van der Waals surface area contributed by atoms with Crippen LogP contribution in [0.4, 0.5) is 8.78 Å². The Morgan fingerprint density at radius 3 is 2.67 bits per heavy atom. The molecule has 0 spiro atoms. The molecule has 3 aromatic rings. The number of nitrogens with zero attached hydrogens (tertiary/aromatic N) is 2. The zero-order chi connectivity index (χ0) is 19.0. The number of nitrogens with one attached hydrogen (secondary N) is 2. The third-order valence-electron chi connectivity index (χ3n) is 4.54. The largest absolute Gasteiger partial charge is 0.309 e. The summed E-state index contributed by atoms with van der Waals surface area (Å²) >= 11 is 0. The van der Waals surface area contributed by atoms with Gasteiger partial charge in [0, 0.05) is 30.4 Å². The van der Waals surface area contributed by atoms with E-state index in [4.69, 9.17) is 5.41 Å². The second-order valence-corrected chi connectivity index (χ2v) is 6.30. The number of aromatic nitrogens is 2. The first kappa shape index (κ1) is 17.2. The van der Waals surface area contributed by atoms with E-state index in [1.165, 1.54) is 11.6 Å². The van der Waals surface area contributed by atoms with Crippen molar-refractivity contribution in [2.24, 2.45) is 0 Å². The molecule has 0 saturated carbocycles. The summed E-state index contributed by atoms with van der Waals surface area (Å²) in [6, 6.07) is 8.84. The minimum Gasteiger partial charge on any atom is -0.309 e. The first-order valence-corrected chi connectivity index (χ1v) is 8.43. The maximum absolute atomic E-state index is 13.5. The highest BCUT2D eigenvalue weighted by Gasteiger charge is 2.14. The Hall–Kier alpha value is -3.25. The highest BCUT2D eigenvalue weighted by Crippen LogP contribution is 2.23. The molecule has 1 aliphatic rings. The van der Waals surface area contributed by atoms with Crippen molar-refractivity contribution in [3.05, 3.63) is 83.7 Å². The number of hydrogen-bond acceptors (Lipinski definition) is 4. The number of benzene rings is 1. The molecule has 4 rings (SSSR count). The van der Waals surface area contributed by atoms with Gasteiger partial charge in [-0.15, -0.1) is 0 Å². The molecule has 3 heterocycles. The van der Waals surface area contributed by atoms with E-state index in [0.717, 1.165) is 36.3 Å². The number of fused-ring (bicyclic) bond motifs is 1. The summed E-state index contributed by atoms with van der Waals surface area (Å²) in [7, 11) is 0. The van der Waals surface area contributed by atoms with Crippen LogP contribution in [-0.4, -0.2) is 28.8 Å². The van der Waals surface area contributed by atoms with E-state index in [1.807, 2.05) is 18.3 Å². The number of halogens is 2. The van der Waals surface area contributed by atoms with Crippen LogP contribution in [0, 0.1) is 17.0 Å². The van der Waals surface area contributed by atoms with Crippen LogP contribution in [0.5, 0.6) is 0 Å². The van der Waals surface area contributed by atoms with E-state index < -0.39 is 11.6 Å². The molecule has 2 N–H and O–H groups in total. The monoisotopic (exact) mass is 362 g/mol. The maximum Gasteiger partial charge on any atom is 0.159 e. The average molecular weight is 362 g/mol. The lowest BCUT2D eigenvalue weighted by molar-refractivity contribution is 0.508. The standard InChI is InChI=1S/C21H16F2N4/c1-12(21(24)13-2-3-16(22)17(23)8-13)18-4-5-19-20(27-18)9-15(11-26-19)14-6-7-25-10-14/h2-6,8-9,11,24-25H,1,7,10H2. The van der Waals surface area contributed by atoms with Gasteiger partial charge in [-0.1, -0.05) is 12.7 Å². The molecule has 1 aliphatic heterocycles. The van der Waals surface area contributed by atoms with Crippen LogP contribution in [-0.2, 0) is 0 Å². The van der Waals surface area contributed by atoms with Gasteiger partial charge in [-0.25, -0.2) is 13.8 Å². The zero-order valence-corrected chi connectivity index (χ0v) is 14.4. The average Bonchev–Trinajstić information content (AvgIpc) is 3.23. The highest BCUT2D eigenvalue weighted by molar-refractivity contribution is 6.29. The van der Waals surface area contributed by atoms with Crippen LogP contribution in [0.25, 0.3) is 22.2 Å². The lowest BCUT2D eigenvalue weighted by Crippen LogP contribution is -2.07. The van der Waals surface area contributed by atoms with Crippen LogP contribution >= 0.6 is 0 Å². The van der Waals surface area contributed by atoms with Crippen LogP contribution in [0.2, 0.25) is 0 Å². The topological polar surface area (TPSA) is 61.7 Å². The van der Waals surface area contributed by atoms with Gasteiger partial charge in [0.2, 0.25) is 0 Å². The van der Waals surface area contributed by atoms with E-state index in [-0.39, 0.29) is 11.3 Å². The van der Waals surface area contributed by atoms with Crippen molar-refractivity contribution in [1.82, 2.24) is 15.3 Å². The molecule has 0 unspecified atom stereocenters. The Morgan fingerprint density at radius 2 is 1.93 bits per heavy atom. The van der Waals surface area contributed by atoms with Crippen molar-refractivity contribution >= 4 is 27.9 Å². The Balaban J connectivity index is 1.68. The molecule has 0 saturated heterocycles. The second kappa shape index (κ2) is 6.81. The quantitative estimate of drug-likeness (QED) is 0.690. The van der Waals surface area contributed by atoms with Gasteiger partial charge in [-0.3, -0.25) is 10.4 Å². The van der Waals surface area contributed by atoms with Crippen LogP contribution in [0.1, 0.15) is 16.8 Å². The minimum absolute atomic E-state index is 0.00688. The molecule has 0 atom stereocenters. The Labute approximate surface area is 154 Å². The van der Waals surface area contributed by atoms with Crippen molar-refractivity contribution in [3.8, 4) is 0 Å². The molecule has 1 aromatic carbocycles. The summed E-state index contributed by atoms with van der Waals surface area (Å²) in [5.74, 6) is -1.95. The van der Waals surface area contributed by atoms with Crippen molar-refractivity contribution in [3.63, 3.8) is 0 Å². The Kier molecular flexibility index (Phi) is 4.33. The fourth-order valence-corrected chi connectivity index (χ4v) is 3.00. The molecular formula is C21H16F2N4. The predicted octanol–water partition coefficient (Wildman–Crippen LogP) is 3.98. The van der Waals surface area contributed by atoms with E-state index in [1.54, 1.807) is 6.07 Å². The van der Waals surface area contributed by atoms with E-state index in [2.05, 4.69) is 27.9 Å². The number of pyridine rings is 2. The van der Waals surface area contributed by atoms with Crippen molar-refractivity contribution < 1.29 is 8.78 Å². The molecule has 2 aromatic heterocycles. The Morgan fingerprint density at radius 1 is 1.07 bits per heavy atom. The summed E-state index contributed by atoms with van der Waals surface area (Å²) in [5.41, 5.74) is 4.66. The normalized spacial score (nSPS) is 13.6. The van der Waals surface area contributed by atoms with E-state index >= 15 is 0 Å². The molecule has 27 heavy (non-hydrogen) atoms. The molecule has 0 bridgehead atoms. The fourth-order valence-electron chi connectivity index (χ4n) is 3.00. The van der Waals surface area contributed by atoms with Crippen LogP contribution in [0.15, 0.2) is 55.3 Å². The van der Waals surface area contributed by atoms with Gasteiger partial charge < -0.3 is 5.32 Å². The molecule has 0 radical (unpaired) electrons. The maximum atomic E-state index is 13.5.